The van der Waals surface area contributed by atoms with Gasteiger partial charge < -0.3 is 24.3 Å². The first kappa shape index (κ1) is 17.0. The molecule has 0 aliphatic carbocycles. The zero-order valence-electron chi connectivity index (χ0n) is 11.6. The van der Waals surface area contributed by atoms with Crippen molar-refractivity contribution in [2.24, 2.45) is 5.73 Å². The molecular formula is C11H28N2O3Si. The molecule has 17 heavy (non-hydrogen) atoms. The maximum absolute atomic E-state index is 5.75. The summed E-state index contributed by atoms with van der Waals surface area (Å²) in [5.41, 5.74) is 5.71. The average molecular weight is 264 g/mol. The van der Waals surface area contributed by atoms with E-state index >= 15 is 0 Å². The minimum Gasteiger partial charge on any atom is -0.374 e. The van der Waals surface area contributed by atoms with E-state index in [1.165, 1.54) is 0 Å². The molecule has 0 amide bonds. The van der Waals surface area contributed by atoms with Crippen molar-refractivity contribution in [3.63, 3.8) is 0 Å². The van der Waals surface area contributed by atoms with E-state index in [0.717, 1.165) is 25.6 Å². The Balaban J connectivity index is 4.31. The second-order valence-electron chi connectivity index (χ2n) is 3.83. The Labute approximate surface area is 106 Å². The van der Waals surface area contributed by atoms with Gasteiger partial charge in [0.15, 0.2) is 0 Å². The van der Waals surface area contributed by atoms with Crippen molar-refractivity contribution in [3.05, 3.63) is 0 Å². The molecule has 1 unspecified atom stereocenters. The largest absolute Gasteiger partial charge is 0.502 e. The summed E-state index contributed by atoms with van der Waals surface area (Å²) in [6, 6.07) is 0.809. The van der Waals surface area contributed by atoms with Crippen LogP contribution in [0.1, 0.15) is 34.1 Å². The van der Waals surface area contributed by atoms with E-state index in [2.05, 4.69) is 12.2 Å². The van der Waals surface area contributed by atoms with E-state index in [9.17, 15) is 0 Å². The van der Waals surface area contributed by atoms with Crippen molar-refractivity contribution in [2.45, 2.75) is 46.4 Å². The van der Waals surface area contributed by atoms with E-state index in [1.54, 1.807) is 0 Å². The molecule has 0 aromatic rings. The van der Waals surface area contributed by atoms with E-state index in [-0.39, 0.29) is 6.23 Å². The first-order valence-corrected chi connectivity index (χ1v) is 8.45. The van der Waals surface area contributed by atoms with Crippen molar-refractivity contribution >= 4 is 8.80 Å². The molecule has 0 spiro atoms. The molecule has 5 nitrogen and oxygen atoms in total. The van der Waals surface area contributed by atoms with Crippen LogP contribution in [0.2, 0.25) is 6.04 Å². The third kappa shape index (κ3) is 7.85. The molecule has 0 fully saturated rings. The topological polar surface area (TPSA) is 65.7 Å². The van der Waals surface area contributed by atoms with Gasteiger partial charge in [-0.15, -0.1) is 0 Å². The Morgan fingerprint density at radius 2 is 1.76 bits per heavy atom. The fraction of sp³-hybridized carbons (Fsp3) is 1.00. The predicted octanol–water partition coefficient (Wildman–Crippen LogP) is 1.32. The lowest BCUT2D eigenvalue weighted by Crippen LogP contribution is -2.50. The van der Waals surface area contributed by atoms with Crippen LogP contribution in [-0.2, 0) is 13.3 Å². The molecule has 0 saturated heterocycles. The first-order valence-electron chi connectivity index (χ1n) is 6.52. The molecule has 0 aliphatic heterocycles. The van der Waals surface area contributed by atoms with Gasteiger partial charge in [0.1, 0.15) is 0 Å². The molecule has 0 saturated carbocycles. The molecular weight excluding hydrogens is 236 g/mol. The highest BCUT2D eigenvalue weighted by atomic mass is 28.4. The van der Waals surface area contributed by atoms with Crippen LogP contribution in [0.3, 0.4) is 0 Å². The maximum Gasteiger partial charge on any atom is 0.502 e. The normalized spacial score (nSPS) is 13.9. The third-order valence-electron chi connectivity index (χ3n) is 2.18. The minimum absolute atomic E-state index is 0.348. The first-order chi connectivity index (χ1) is 8.10. The van der Waals surface area contributed by atoms with Gasteiger partial charge >= 0.3 is 8.80 Å². The van der Waals surface area contributed by atoms with Gasteiger partial charge in [0.05, 0.1) is 6.23 Å². The molecule has 0 bridgehead atoms. The molecule has 6 heteroatoms. The van der Waals surface area contributed by atoms with Gasteiger partial charge in [0, 0.05) is 19.3 Å². The second-order valence-corrected chi connectivity index (χ2v) is 6.51. The lowest BCUT2D eigenvalue weighted by Gasteiger charge is -2.30. The van der Waals surface area contributed by atoms with Gasteiger partial charge in [-0.2, -0.15) is 0 Å². The quantitative estimate of drug-likeness (QED) is 0.335. The van der Waals surface area contributed by atoms with Gasteiger partial charge in [-0.1, -0.05) is 6.92 Å². The third-order valence-corrected chi connectivity index (χ3v) is 5.33. The van der Waals surface area contributed by atoms with Crippen LogP contribution in [0.5, 0.6) is 0 Å². The van der Waals surface area contributed by atoms with Crippen LogP contribution in [0, 0.1) is 0 Å². The van der Waals surface area contributed by atoms with Crippen molar-refractivity contribution in [2.75, 3.05) is 26.3 Å². The zero-order chi connectivity index (χ0) is 13.1. The summed E-state index contributed by atoms with van der Waals surface area (Å²) in [6.45, 7) is 10.9. The van der Waals surface area contributed by atoms with Crippen LogP contribution in [0.15, 0.2) is 0 Å². The summed E-state index contributed by atoms with van der Waals surface area (Å²) in [5, 5.41) is 3.28. The van der Waals surface area contributed by atoms with Gasteiger partial charge in [-0.05, 0) is 40.3 Å². The lowest BCUT2D eigenvalue weighted by molar-refractivity contribution is 0.0401. The number of nitrogens with two attached hydrogens (primary N) is 1. The Kier molecular flexibility index (Phi) is 10.00. The molecule has 0 rings (SSSR count). The van der Waals surface area contributed by atoms with Crippen molar-refractivity contribution in [1.82, 2.24) is 5.32 Å². The smallest absolute Gasteiger partial charge is 0.374 e. The van der Waals surface area contributed by atoms with Gasteiger partial charge in [-0.3, -0.25) is 0 Å². The van der Waals surface area contributed by atoms with E-state index in [4.69, 9.17) is 19.0 Å². The summed E-state index contributed by atoms with van der Waals surface area (Å²) in [6.07, 6.45) is 0.631. The van der Waals surface area contributed by atoms with Crippen molar-refractivity contribution in [3.8, 4) is 0 Å². The monoisotopic (exact) mass is 264 g/mol. The molecule has 104 valence electrons. The highest BCUT2D eigenvalue weighted by molar-refractivity contribution is 6.60. The van der Waals surface area contributed by atoms with E-state index < -0.39 is 8.80 Å². The Morgan fingerprint density at radius 3 is 2.18 bits per heavy atom. The highest BCUT2D eigenvalue weighted by Crippen LogP contribution is 2.18. The molecule has 0 radical (unpaired) electrons. The van der Waals surface area contributed by atoms with E-state index in [0.29, 0.717) is 13.2 Å². The maximum atomic E-state index is 5.75. The Bertz CT molecular complexity index is 176. The molecule has 0 aromatic carbocycles. The summed E-state index contributed by atoms with van der Waals surface area (Å²) < 4.78 is 17.2. The molecule has 1 atom stereocenters. The molecule has 0 aliphatic rings. The second kappa shape index (κ2) is 9.99. The van der Waals surface area contributed by atoms with Crippen LogP contribution < -0.4 is 11.1 Å². The van der Waals surface area contributed by atoms with Gasteiger partial charge in [0.25, 0.3) is 0 Å². The van der Waals surface area contributed by atoms with Crippen LogP contribution in [0.25, 0.3) is 0 Å². The molecule has 0 aromatic heterocycles. The average Bonchev–Trinajstić information content (AvgIpc) is 2.24. The van der Waals surface area contributed by atoms with Crippen molar-refractivity contribution < 1.29 is 13.3 Å². The number of rotatable bonds is 11. The van der Waals surface area contributed by atoms with Crippen LogP contribution in [0.4, 0.5) is 0 Å². The van der Waals surface area contributed by atoms with Gasteiger partial charge in [-0.25, -0.2) is 0 Å². The molecule has 3 N–H and O–H groups in total. The fourth-order valence-electron chi connectivity index (χ4n) is 1.64. The number of hydrogen-bond donors (Lipinski definition) is 2. The molecule has 0 heterocycles. The lowest BCUT2D eigenvalue weighted by atomic mass is 10.5. The van der Waals surface area contributed by atoms with Crippen molar-refractivity contribution in [1.29, 1.82) is 0 Å². The number of hydrogen-bond acceptors (Lipinski definition) is 5. The fourth-order valence-corrected chi connectivity index (χ4v) is 4.32. The standard InChI is InChI=1S/C11H28N2O3Si/c1-5-13-9-8-10-17(14-6-2,15-7-3)16-11(4)12/h11,13H,5-10,12H2,1-4H3. The summed E-state index contributed by atoms with van der Waals surface area (Å²) >= 11 is 0. The Hall–Kier alpha value is 0.0169. The highest BCUT2D eigenvalue weighted by Gasteiger charge is 2.41. The summed E-state index contributed by atoms with van der Waals surface area (Å²) in [4.78, 5) is 0. The Morgan fingerprint density at radius 1 is 1.18 bits per heavy atom. The van der Waals surface area contributed by atoms with Crippen LogP contribution >= 0.6 is 0 Å². The van der Waals surface area contributed by atoms with Crippen LogP contribution in [-0.4, -0.2) is 41.3 Å². The number of nitrogens with one attached hydrogen (secondary N) is 1. The predicted molar refractivity (Wildman–Crippen MR) is 71.7 cm³/mol. The SMILES string of the molecule is CCNCCC[Si](OCC)(OCC)OC(C)N. The summed E-state index contributed by atoms with van der Waals surface area (Å²) in [5.74, 6) is 0. The minimum atomic E-state index is -2.57. The van der Waals surface area contributed by atoms with Gasteiger partial charge in [0.2, 0.25) is 0 Å². The summed E-state index contributed by atoms with van der Waals surface area (Å²) in [7, 11) is -2.57. The zero-order valence-corrected chi connectivity index (χ0v) is 12.6. The van der Waals surface area contributed by atoms with E-state index in [1.807, 2.05) is 20.8 Å².